The van der Waals surface area contributed by atoms with Gasteiger partial charge in [0.2, 0.25) is 15.9 Å². The van der Waals surface area contributed by atoms with E-state index in [2.05, 4.69) is 16.3 Å². The van der Waals surface area contributed by atoms with E-state index in [9.17, 15) is 13.2 Å². The van der Waals surface area contributed by atoms with Gasteiger partial charge in [-0.2, -0.15) is 16.1 Å². The quantitative estimate of drug-likeness (QED) is 0.614. The van der Waals surface area contributed by atoms with Crippen LogP contribution in [-0.2, 0) is 32.5 Å². The Hall–Kier alpha value is -1.91. The predicted octanol–water partition coefficient (Wildman–Crippen LogP) is 2.83. The van der Waals surface area contributed by atoms with E-state index in [1.807, 2.05) is 30.0 Å². The second-order valence-corrected chi connectivity index (χ2v) is 11.5. The van der Waals surface area contributed by atoms with Crippen LogP contribution in [0.25, 0.3) is 0 Å². The molecule has 2 aromatic rings. The molecule has 0 unspecified atom stereocenters. The maximum Gasteiger partial charge on any atom is 0.243 e. The van der Waals surface area contributed by atoms with E-state index in [-0.39, 0.29) is 10.8 Å². The number of benzene rings is 2. The summed E-state index contributed by atoms with van der Waals surface area (Å²) in [6, 6.07) is 14.9. The highest BCUT2D eigenvalue weighted by atomic mass is 32.2. The number of nitrogens with one attached hydrogen (secondary N) is 1. The lowest BCUT2D eigenvalue weighted by atomic mass is 10.1. The van der Waals surface area contributed by atoms with Crippen LogP contribution in [0.4, 0.5) is 5.69 Å². The molecule has 7 nitrogen and oxygen atoms in total. The third-order valence-corrected chi connectivity index (χ3v) is 8.75. The molecule has 33 heavy (non-hydrogen) atoms. The van der Waals surface area contributed by atoms with Crippen LogP contribution < -0.4 is 5.32 Å². The maximum atomic E-state index is 12.7. The molecular weight excluding hydrogens is 458 g/mol. The van der Waals surface area contributed by atoms with Crippen LogP contribution in [0.2, 0.25) is 0 Å². The number of aryl methyl sites for hydroxylation is 1. The second kappa shape index (κ2) is 11.5. The summed E-state index contributed by atoms with van der Waals surface area (Å²) in [5.41, 5.74) is 2.95. The topological polar surface area (TPSA) is 79.0 Å². The monoisotopic (exact) mass is 489 g/mol. The van der Waals surface area contributed by atoms with Gasteiger partial charge in [-0.3, -0.25) is 9.69 Å². The van der Waals surface area contributed by atoms with E-state index in [0.717, 1.165) is 30.9 Å². The van der Waals surface area contributed by atoms with Gasteiger partial charge in [0.25, 0.3) is 0 Å². The van der Waals surface area contributed by atoms with Gasteiger partial charge in [0.15, 0.2) is 0 Å². The second-order valence-electron chi connectivity index (χ2n) is 8.30. The highest BCUT2D eigenvalue weighted by molar-refractivity contribution is 7.99. The molecule has 0 saturated carbocycles. The van der Waals surface area contributed by atoms with Gasteiger partial charge in [0.1, 0.15) is 0 Å². The van der Waals surface area contributed by atoms with Crippen molar-refractivity contribution in [2.75, 3.05) is 56.2 Å². The molecule has 2 heterocycles. The summed E-state index contributed by atoms with van der Waals surface area (Å²) in [6.07, 6.45) is 0.887. The Labute approximate surface area is 200 Å². The molecule has 178 valence electrons. The van der Waals surface area contributed by atoms with E-state index >= 15 is 0 Å². The number of rotatable bonds is 8. The highest BCUT2D eigenvalue weighted by Crippen LogP contribution is 2.19. The molecule has 0 bridgehead atoms. The smallest absolute Gasteiger partial charge is 0.243 e. The zero-order valence-corrected chi connectivity index (χ0v) is 20.4. The highest BCUT2D eigenvalue weighted by Gasteiger charge is 2.26. The number of carbonyl (C=O) groups excluding carboxylic acids is 1. The minimum absolute atomic E-state index is 0.0495. The van der Waals surface area contributed by atoms with Crippen molar-refractivity contribution < 1.29 is 17.9 Å². The summed E-state index contributed by atoms with van der Waals surface area (Å²) in [5, 5.41) is 2.99. The lowest BCUT2D eigenvalue weighted by Gasteiger charge is -2.26. The molecule has 0 spiro atoms. The first-order valence-corrected chi connectivity index (χ1v) is 14.0. The van der Waals surface area contributed by atoms with Crippen LogP contribution in [-0.4, -0.2) is 74.4 Å². The molecule has 1 N–H and O–H groups in total. The molecule has 2 fully saturated rings. The Morgan fingerprint density at radius 3 is 2.42 bits per heavy atom. The Kier molecular flexibility index (Phi) is 8.43. The van der Waals surface area contributed by atoms with Crippen molar-refractivity contribution in [2.45, 2.75) is 24.3 Å². The SMILES string of the molecule is O=C(CCc1ccc(S(=O)(=O)N2CCOCC2)cc1)Nc1cccc(CN2CCSCC2)c1. The number of sulfonamides is 1. The average molecular weight is 490 g/mol. The van der Waals surface area contributed by atoms with Crippen molar-refractivity contribution in [2.24, 2.45) is 0 Å². The lowest BCUT2D eigenvalue weighted by Crippen LogP contribution is -2.40. The van der Waals surface area contributed by atoms with Crippen molar-refractivity contribution in [3.8, 4) is 0 Å². The Balaban J connectivity index is 1.28. The summed E-state index contributed by atoms with van der Waals surface area (Å²) < 4.78 is 32.1. The summed E-state index contributed by atoms with van der Waals surface area (Å²) in [5.74, 6) is 2.30. The van der Waals surface area contributed by atoms with Crippen molar-refractivity contribution in [1.29, 1.82) is 0 Å². The third-order valence-electron chi connectivity index (χ3n) is 5.89. The van der Waals surface area contributed by atoms with Crippen LogP contribution >= 0.6 is 11.8 Å². The van der Waals surface area contributed by atoms with Crippen molar-refractivity contribution in [3.05, 3.63) is 59.7 Å². The van der Waals surface area contributed by atoms with E-state index in [1.54, 1.807) is 24.3 Å². The largest absolute Gasteiger partial charge is 0.379 e. The van der Waals surface area contributed by atoms with Gasteiger partial charge in [0.05, 0.1) is 18.1 Å². The number of nitrogens with zero attached hydrogens (tertiary/aromatic N) is 2. The average Bonchev–Trinajstić information content (AvgIpc) is 2.84. The zero-order valence-electron chi connectivity index (χ0n) is 18.7. The normalized spacial score (nSPS) is 18.2. The van der Waals surface area contributed by atoms with E-state index in [0.29, 0.717) is 39.1 Å². The number of hydrogen-bond acceptors (Lipinski definition) is 6. The summed E-state index contributed by atoms with van der Waals surface area (Å²) >= 11 is 2.00. The maximum absolute atomic E-state index is 12.7. The number of carbonyl (C=O) groups is 1. The fourth-order valence-electron chi connectivity index (χ4n) is 4.01. The molecule has 1 amide bonds. The number of thioether (sulfide) groups is 1. The molecule has 0 aliphatic carbocycles. The Morgan fingerprint density at radius 2 is 1.70 bits per heavy atom. The van der Waals surface area contributed by atoms with Crippen molar-refractivity contribution in [3.63, 3.8) is 0 Å². The first kappa shape index (κ1) is 24.2. The first-order valence-electron chi connectivity index (χ1n) is 11.4. The molecule has 2 saturated heterocycles. The Bertz CT molecular complexity index is 1030. The number of ether oxygens (including phenoxy) is 1. The van der Waals surface area contributed by atoms with E-state index < -0.39 is 10.0 Å². The lowest BCUT2D eigenvalue weighted by molar-refractivity contribution is -0.116. The third kappa shape index (κ3) is 6.80. The van der Waals surface area contributed by atoms with Crippen LogP contribution in [0.3, 0.4) is 0 Å². The standard InChI is InChI=1S/C24H31N3O4S2/c28-24(25-22-3-1-2-21(18-22)19-26-12-16-32-17-13-26)9-6-20-4-7-23(8-5-20)33(29,30)27-10-14-31-15-11-27/h1-5,7-8,18H,6,9-17,19H2,(H,25,28). The fraction of sp³-hybridized carbons (Fsp3) is 0.458. The molecule has 0 atom stereocenters. The van der Waals surface area contributed by atoms with Gasteiger partial charge in [0, 0.05) is 56.3 Å². The molecule has 2 aliphatic heterocycles. The van der Waals surface area contributed by atoms with E-state index in [1.165, 1.54) is 21.4 Å². The first-order chi connectivity index (χ1) is 16.0. The predicted molar refractivity (Wildman–Crippen MR) is 132 cm³/mol. The van der Waals surface area contributed by atoms with Crippen LogP contribution in [0.15, 0.2) is 53.4 Å². The van der Waals surface area contributed by atoms with Crippen LogP contribution in [0.5, 0.6) is 0 Å². The number of morpholine rings is 1. The van der Waals surface area contributed by atoms with Gasteiger partial charge in [-0.15, -0.1) is 0 Å². The summed E-state index contributed by atoms with van der Waals surface area (Å²) in [4.78, 5) is 15.2. The molecule has 0 aromatic heterocycles. The number of amides is 1. The van der Waals surface area contributed by atoms with E-state index in [4.69, 9.17) is 4.74 Å². The van der Waals surface area contributed by atoms with Gasteiger partial charge in [-0.1, -0.05) is 24.3 Å². The number of hydrogen-bond donors (Lipinski definition) is 1. The Morgan fingerprint density at radius 1 is 0.970 bits per heavy atom. The molecule has 4 rings (SSSR count). The minimum Gasteiger partial charge on any atom is -0.379 e. The van der Waals surface area contributed by atoms with Gasteiger partial charge < -0.3 is 10.1 Å². The zero-order chi connectivity index (χ0) is 23.1. The van der Waals surface area contributed by atoms with Gasteiger partial charge in [-0.05, 0) is 41.8 Å². The van der Waals surface area contributed by atoms with Crippen LogP contribution in [0, 0.1) is 0 Å². The molecule has 0 radical (unpaired) electrons. The van der Waals surface area contributed by atoms with Gasteiger partial charge in [-0.25, -0.2) is 8.42 Å². The van der Waals surface area contributed by atoms with Gasteiger partial charge >= 0.3 is 0 Å². The summed E-state index contributed by atoms with van der Waals surface area (Å²) in [7, 11) is -3.50. The van der Waals surface area contributed by atoms with Crippen LogP contribution in [0.1, 0.15) is 17.5 Å². The van der Waals surface area contributed by atoms with Crippen molar-refractivity contribution in [1.82, 2.24) is 9.21 Å². The molecule has 2 aliphatic rings. The molecule has 9 heteroatoms. The molecule has 2 aromatic carbocycles. The summed E-state index contributed by atoms with van der Waals surface area (Å²) in [6.45, 7) is 4.72. The van der Waals surface area contributed by atoms with Crippen molar-refractivity contribution >= 4 is 33.4 Å². The number of anilines is 1. The molecular formula is C24H31N3O4S2. The fourth-order valence-corrected chi connectivity index (χ4v) is 6.40. The minimum atomic E-state index is -3.50.